The Balaban J connectivity index is 1.26. The second-order valence-electron chi connectivity index (χ2n) is 11.0. The van der Waals surface area contributed by atoms with Gasteiger partial charge in [-0.15, -0.1) is 23.1 Å². The number of aryl methyl sites for hydroxylation is 1. The van der Waals surface area contributed by atoms with Crippen molar-refractivity contribution < 1.29 is 14.4 Å². The van der Waals surface area contributed by atoms with Gasteiger partial charge in [0.05, 0.1) is 11.3 Å². The third kappa shape index (κ3) is 8.79. The number of carbonyl (C=O) groups excluding carboxylic acids is 3. The molecule has 0 saturated carbocycles. The van der Waals surface area contributed by atoms with E-state index in [-0.39, 0.29) is 17.4 Å². The van der Waals surface area contributed by atoms with Gasteiger partial charge < -0.3 is 20.9 Å². The van der Waals surface area contributed by atoms with Gasteiger partial charge in [0.15, 0.2) is 0 Å². The molecule has 0 atom stereocenters. The third-order valence-electron chi connectivity index (χ3n) is 7.23. The van der Waals surface area contributed by atoms with Crippen molar-refractivity contribution >= 4 is 63.3 Å². The lowest BCUT2D eigenvalue weighted by Crippen LogP contribution is -2.30. The van der Waals surface area contributed by atoms with Gasteiger partial charge in [0.2, 0.25) is 5.91 Å². The fraction of sp³-hybridized carbons (Fsp3) is 0.105. The fourth-order valence-electron chi connectivity index (χ4n) is 4.66. The molecule has 240 valence electrons. The lowest BCUT2D eigenvalue weighted by molar-refractivity contribution is -0.114. The Morgan fingerprint density at radius 2 is 1.62 bits per heavy atom. The molecule has 0 radical (unpaired) electrons. The number of rotatable bonds is 11. The molecule has 5 rings (SSSR count). The van der Waals surface area contributed by atoms with Gasteiger partial charge in [-0.05, 0) is 66.6 Å². The van der Waals surface area contributed by atoms with E-state index >= 15 is 0 Å². The van der Waals surface area contributed by atoms with E-state index in [2.05, 4.69) is 22.0 Å². The van der Waals surface area contributed by atoms with Crippen molar-refractivity contribution in [3.8, 4) is 17.2 Å². The van der Waals surface area contributed by atoms with Crippen LogP contribution >= 0.6 is 23.1 Å². The Labute approximate surface area is 288 Å². The van der Waals surface area contributed by atoms with Crippen LogP contribution in [0.2, 0.25) is 0 Å². The van der Waals surface area contributed by atoms with Crippen LogP contribution in [0.25, 0.3) is 17.2 Å². The van der Waals surface area contributed by atoms with Crippen molar-refractivity contribution in [2.24, 2.45) is 0 Å². The Kier molecular flexibility index (Phi) is 11.1. The van der Waals surface area contributed by atoms with E-state index in [1.807, 2.05) is 92.0 Å². The summed E-state index contributed by atoms with van der Waals surface area (Å²) in [4.78, 5) is 42.2. The highest BCUT2D eigenvalue weighted by molar-refractivity contribution is 8.00. The summed E-state index contributed by atoms with van der Waals surface area (Å²) >= 11 is 2.62. The summed E-state index contributed by atoms with van der Waals surface area (Å²) in [5.41, 5.74) is 6.01. The van der Waals surface area contributed by atoms with Crippen molar-refractivity contribution in [2.45, 2.75) is 11.8 Å². The van der Waals surface area contributed by atoms with E-state index in [4.69, 9.17) is 0 Å². The normalized spacial score (nSPS) is 10.9. The molecule has 0 aliphatic heterocycles. The number of thioether (sulfide) groups is 1. The predicted molar refractivity (Wildman–Crippen MR) is 196 cm³/mol. The van der Waals surface area contributed by atoms with Crippen molar-refractivity contribution in [2.75, 3.05) is 35.4 Å². The van der Waals surface area contributed by atoms with Gasteiger partial charge >= 0.3 is 0 Å². The zero-order valence-electron chi connectivity index (χ0n) is 26.6. The van der Waals surface area contributed by atoms with Crippen LogP contribution in [0.1, 0.15) is 27.0 Å². The minimum absolute atomic E-state index is 0.0770. The standard InChI is InChI=1S/C38H33N5O3S2/c1-25-12-16-27(17-13-25)33-23-48-38(32(33)22-39)42-35(44)24-47-31-11-7-10-29(21-31)40-37(46)34(41-36(45)28-8-5-4-6-9-28)20-26-14-18-30(19-15-26)43(2)3/h4-21,23H,24H2,1-3H3,(H,40,46)(H,41,45)(H,42,44)/b34-20+. The lowest BCUT2D eigenvalue weighted by atomic mass is 10.0. The molecule has 10 heteroatoms. The highest BCUT2D eigenvalue weighted by Crippen LogP contribution is 2.35. The van der Waals surface area contributed by atoms with E-state index in [1.165, 1.54) is 23.1 Å². The molecule has 1 heterocycles. The van der Waals surface area contributed by atoms with Gasteiger partial charge in [-0.25, -0.2) is 0 Å². The van der Waals surface area contributed by atoms with Crippen molar-refractivity contribution in [1.29, 1.82) is 5.26 Å². The van der Waals surface area contributed by atoms with Gasteiger partial charge in [0.25, 0.3) is 11.8 Å². The average Bonchev–Trinajstić information content (AvgIpc) is 3.50. The van der Waals surface area contributed by atoms with Crippen LogP contribution in [-0.2, 0) is 9.59 Å². The van der Waals surface area contributed by atoms with Gasteiger partial charge in [-0.2, -0.15) is 5.26 Å². The molecule has 4 aromatic carbocycles. The summed E-state index contributed by atoms with van der Waals surface area (Å²) in [5, 5.41) is 20.7. The number of benzene rings is 4. The third-order valence-corrected chi connectivity index (χ3v) is 9.12. The molecule has 3 N–H and O–H groups in total. The Morgan fingerprint density at radius 1 is 0.896 bits per heavy atom. The first-order valence-corrected chi connectivity index (χ1v) is 16.8. The number of hydrogen-bond acceptors (Lipinski definition) is 7. The number of hydrogen-bond donors (Lipinski definition) is 3. The van der Waals surface area contributed by atoms with Crippen LogP contribution in [0.4, 0.5) is 16.4 Å². The smallest absolute Gasteiger partial charge is 0.272 e. The van der Waals surface area contributed by atoms with Gasteiger partial charge in [0, 0.05) is 46.9 Å². The first-order chi connectivity index (χ1) is 23.2. The highest BCUT2D eigenvalue weighted by atomic mass is 32.2. The largest absolute Gasteiger partial charge is 0.378 e. The van der Waals surface area contributed by atoms with Gasteiger partial charge in [0.1, 0.15) is 16.8 Å². The molecule has 8 nitrogen and oxygen atoms in total. The topological polar surface area (TPSA) is 114 Å². The number of nitriles is 1. The number of anilines is 3. The molecule has 0 fully saturated rings. The van der Waals surface area contributed by atoms with Crippen LogP contribution in [0, 0.1) is 18.3 Å². The maximum absolute atomic E-state index is 13.5. The Hall–Kier alpha value is -5.63. The molecule has 0 aliphatic rings. The van der Waals surface area contributed by atoms with E-state index in [0.29, 0.717) is 21.8 Å². The van der Waals surface area contributed by atoms with Gasteiger partial charge in [-0.1, -0.05) is 66.2 Å². The van der Waals surface area contributed by atoms with Crippen molar-refractivity contribution in [3.05, 3.63) is 136 Å². The average molecular weight is 672 g/mol. The quantitative estimate of drug-likeness (QED) is 0.0976. The summed E-state index contributed by atoms with van der Waals surface area (Å²) in [6.07, 6.45) is 1.63. The van der Waals surface area contributed by atoms with Crippen molar-refractivity contribution in [3.63, 3.8) is 0 Å². The lowest BCUT2D eigenvalue weighted by Gasteiger charge is -2.14. The molecule has 0 unspecified atom stereocenters. The van der Waals surface area contributed by atoms with Crippen molar-refractivity contribution in [1.82, 2.24) is 5.32 Å². The van der Waals surface area contributed by atoms with Crippen LogP contribution in [0.5, 0.6) is 0 Å². The van der Waals surface area contributed by atoms with Crippen LogP contribution in [-0.4, -0.2) is 37.6 Å². The fourth-order valence-corrected chi connectivity index (χ4v) is 6.35. The molecule has 5 aromatic rings. The highest BCUT2D eigenvalue weighted by Gasteiger charge is 2.17. The molecule has 0 aliphatic carbocycles. The molecule has 0 bridgehead atoms. The molecule has 1 aromatic heterocycles. The molecular weight excluding hydrogens is 639 g/mol. The van der Waals surface area contributed by atoms with E-state index in [9.17, 15) is 19.6 Å². The first kappa shape index (κ1) is 33.7. The Bertz CT molecular complexity index is 2000. The minimum Gasteiger partial charge on any atom is -0.378 e. The van der Waals surface area contributed by atoms with E-state index < -0.39 is 11.8 Å². The summed E-state index contributed by atoms with van der Waals surface area (Å²) in [6.45, 7) is 2.00. The number of amides is 3. The predicted octanol–water partition coefficient (Wildman–Crippen LogP) is 7.80. The first-order valence-electron chi connectivity index (χ1n) is 15.0. The summed E-state index contributed by atoms with van der Waals surface area (Å²) in [7, 11) is 3.89. The molecule has 3 amide bonds. The Morgan fingerprint density at radius 3 is 2.31 bits per heavy atom. The minimum atomic E-state index is -0.498. The molecule has 0 saturated heterocycles. The van der Waals surface area contributed by atoms with Crippen LogP contribution in [0.15, 0.2) is 119 Å². The number of nitrogens with one attached hydrogen (secondary N) is 3. The SMILES string of the molecule is Cc1ccc(-c2csc(NC(=O)CSc3cccc(NC(=O)/C(=C\c4ccc(N(C)C)cc4)NC(=O)c4ccccc4)c3)c2C#N)cc1. The zero-order chi connectivity index (χ0) is 34.0. The summed E-state index contributed by atoms with van der Waals surface area (Å²) in [5.74, 6) is -1.06. The second-order valence-corrected chi connectivity index (χ2v) is 12.9. The second kappa shape index (κ2) is 15.8. The summed E-state index contributed by atoms with van der Waals surface area (Å²) < 4.78 is 0. The summed E-state index contributed by atoms with van der Waals surface area (Å²) in [6, 6.07) is 33.5. The van der Waals surface area contributed by atoms with E-state index in [1.54, 1.807) is 48.5 Å². The number of thiophene rings is 1. The molecular formula is C38H33N5O3S2. The van der Waals surface area contributed by atoms with Crippen LogP contribution < -0.4 is 20.9 Å². The maximum Gasteiger partial charge on any atom is 0.272 e. The molecule has 0 spiro atoms. The zero-order valence-corrected chi connectivity index (χ0v) is 28.2. The molecule has 48 heavy (non-hydrogen) atoms. The maximum atomic E-state index is 13.5. The van der Waals surface area contributed by atoms with Gasteiger partial charge in [-0.3, -0.25) is 14.4 Å². The van der Waals surface area contributed by atoms with E-state index in [0.717, 1.165) is 32.8 Å². The number of nitrogens with zero attached hydrogens (tertiary/aromatic N) is 2. The van der Waals surface area contributed by atoms with Crippen LogP contribution in [0.3, 0.4) is 0 Å². The monoisotopic (exact) mass is 671 g/mol. The number of carbonyl (C=O) groups is 3.